The van der Waals surface area contributed by atoms with Crippen LogP contribution in [0, 0.1) is 0 Å². The van der Waals surface area contributed by atoms with E-state index in [9.17, 15) is 14.7 Å². The summed E-state index contributed by atoms with van der Waals surface area (Å²) in [4.78, 5) is 38.9. The number of aromatic nitrogens is 3. The number of ether oxygens (including phenoxy) is 2. The van der Waals surface area contributed by atoms with Crippen LogP contribution in [-0.2, 0) is 4.74 Å². The Kier molecular flexibility index (Phi) is 6.95. The molecular formula is C21H22N6O5S. The zero-order chi connectivity index (χ0) is 23.2. The summed E-state index contributed by atoms with van der Waals surface area (Å²) >= 11 is 1.31. The molecule has 0 saturated carbocycles. The van der Waals surface area contributed by atoms with Gasteiger partial charge in [0.05, 0.1) is 19.8 Å². The van der Waals surface area contributed by atoms with Gasteiger partial charge in [-0.15, -0.1) is 11.3 Å². The van der Waals surface area contributed by atoms with Gasteiger partial charge in [0.25, 0.3) is 0 Å². The Morgan fingerprint density at radius 3 is 2.58 bits per heavy atom. The number of anilines is 3. The number of rotatable bonds is 7. The highest BCUT2D eigenvalue weighted by Crippen LogP contribution is 2.33. The third-order valence-corrected chi connectivity index (χ3v) is 5.39. The van der Waals surface area contributed by atoms with Gasteiger partial charge >= 0.3 is 12.0 Å². The number of urea groups is 1. The van der Waals surface area contributed by atoms with Crippen LogP contribution in [0.15, 0.2) is 35.8 Å². The number of amides is 2. The summed E-state index contributed by atoms with van der Waals surface area (Å²) in [5.41, 5.74) is 0.944. The van der Waals surface area contributed by atoms with E-state index in [-0.39, 0.29) is 23.9 Å². The van der Waals surface area contributed by atoms with E-state index in [4.69, 9.17) is 9.47 Å². The van der Waals surface area contributed by atoms with Crippen LogP contribution in [0.1, 0.15) is 17.4 Å². The first kappa shape index (κ1) is 22.4. The average molecular weight is 471 g/mol. The molecule has 12 heteroatoms. The lowest BCUT2D eigenvalue weighted by atomic mass is 10.2. The molecule has 3 aromatic rings. The van der Waals surface area contributed by atoms with Crippen molar-refractivity contribution in [1.82, 2.24) is 15.0 Å². The second kappa shape index (κ2) is 10.2. The zero-order valence-electron chi connectivity index (χ0n) is 17.8. The number of nitrogens with zero attached hydrogens (tertiary/aromatic N) is 4. The molecule has 0 unspecified atom stereocenters. The van der Waals surface area contributed by atoms with Gasteiger partial charge in [-0.05, 0) is 31.2 Å². The molecule has 3 heterocycles. The highest BCUT2D eigenvalue weighted by molar-refractivity contribution is 7.13. The smallest absolute Gasteiger partial charge is 0.358 e. The normalized spacial score (nSPS) is 13.4. The van der Waals surface area contributed by atoms with Crippen LogP contribution in [0.2, 0.25) is 0 Å². The van der Waals surface area contributed by atoms with Gasteiger partial charge in [-0.1, -0.05) is 0 Å². The van der Waals surface area contributed by atoms with Crippen LogP contribution in [-0.4, -0.2) is 65.0 Å². The fourth-order valence-corrected chi connectivity index (χ4v) is 3.75. The molecule has 11 nitrogen and oxygen atoms in total. The van der Waals surface area contributed by atoms with E-state index in [1.54, 1.807) is 42.8 Å². The summed E-state index contributed by atoms with van der Waals surface area (Å²) in [6.45, 7) is 4.20. The maximum absolute atomic E-state index is 12.1. The number of morpholine rings is 1. The zero-order valence-corrected chi connectivity index (χ0v) is 18.6. The molecule has 0 radical (unpaired) electrons. The lowest BCUT2D eigenvalue weighted by Gasteiger charge is -2.29. The van der Waals surface area contributed by atoms with Crippen molar-refractivity contribution in [2.24, 2.45) is 0 Å². The Labute approximate surface area is 193 Å². The van der Waals surface area contributed by atoms with Gasteiger partial charge in [-0.25, -0.2) is 24.5 Å². The molecule has 0 atom stereocenters. The standard InChI is InChI=1S/C21H22N6O5S/c1-2-32-16-15(19(28)29)24-17(25-18(16)27-8-10-31-11-9-27)13-3-5-14(6-4-13)23-20(30)26-21-22-7-12-33-21/h3-7,12H,2,8-11H2,1H3,(H,28,29)(H2,22,23,26,30). The van der Waals surface area contributed by atoms with Gasteiger partial charge in [0.15, 0.2) is 28.2 Å². The lowest BCUT2D eigenvalue weighted by molar-refractivity contribution is 0.0685. The molecule has 0 bridgehead atoms. The highest BCUT2D eigenvalue weighted by Gasteiger charge is 2.26. The monoisotopic (exact) mass is 470 g/mol. The van der Waals surface area contributed by atoms with Gasteiger partial charge in [0.1, 0.15) is 0 Å². The molecule has 0 aliphatic carbocycles. The van der Waals surface area contributed by atoms with Gasteiger partial charge in [-0.3, -0.25) is 5.32 Å². The SMILES string of the molecule is CCOc1c(C(=O)O)nc(-c2ccc(NC(=O)Nc3nccs3)cc2)nc1N1CCOCC1. The molecular weight excluding hydrogens is 448 g/mol. The van der Waals surface area contributed by atoms with Gasteiger partial charge in [0, 0.05) is 35.9 Å². The van der Waals surface area contributed by atoms with Crippen molar-refractivity contribution in [2.45, 2.75) is 6.92 Å². The van der Waals surface area contributed by atoms with Crippen LogP contribution in [0.25, 0.3) is 11.4 Å². The molecule has 1 saturated heterocycles. The third kappa shape index (κ3) is 5.35. The molecule has 2 aromatic heterocycles. The minimum Gasteiger partial charge on any atom is -0.488 e. The first-order chi connectivity index (χ1) is 16.0. The predicted molar refractivity (Wildman–Crippen MR) is 123 cm³/mol. The topological polar surface area (TPSA) is 139 Å². The Morgan fingerprint density at radius 1 is 1.18 bits per heavy atom. The number of hydrogen-bond acceptors (Lipinski definition) is 9. The van der Waals surface area contributed by atoms with E-state index in [0.29, 0.717) is 48.5 Å². The summed E-state index contributed by atoms with van der Waals surface area (Å²) < 4.78 is 11.0. The molecule has 1 aliphatic rings. The Hall–Kier alpha value is -3.77. The Morgan fingerprint density at radius 2 is 1.94 bits per heavy atom. The van der Waals surface area contributed by atoms with Crippen molar-refractivity contribution in [3.8, 4) is 17.1 Å². The van der Waals surface area contributed by atoms with Crippen molar-refractivity contribution in [3.05, 3.63) is 41.5 Å². The van der Waals surface area contributed by atoms with Crippen LogP contribution >= 0.6 is 11.3 Å². The van der Waals surface area contributed by atoms with Crippen molar-refractivity contribution >= 4 is 40.0 Å². The summed E-state index contributed by atoms with van der Waals surface area (Å²) in [7, 11) is 0. The number of hydrogen-bond donors (Lipinski definition) is 3. The number of carboxylic acids is 1. The van der Waals surface area contributed by atoms with E-state index in [0.717, 1.165) is 0 Å². The molecule has 4 rings (SSSR count). The van der Waals surface area contributed by atoms with Crippen LogP contribution in [0.3, 0.4) is 0 Å². The van der Waals surface area contributed by atoms with E-state index < -0.39 is 12.0 Å². The minimum atomic E-state index is -1.20. The molecule has 0 spiro atoms. The number of aromatic carboxylic acids is 1. The summed E-state index contributed by atoms with van der Waals surface area (Å²) in [6.07, 6.45) is 1.60. The number of thiazole rings is 1. The van der Waals surface area contributed by atoms with E-state index >= 15 is 0 Å². The van der Waals surface area contributed by atoms with Crippen LogP contribution in [0.4, 0.5) is 21.4 Å². The number of nitrogens with one attached hydrogen (secondary N) is 2. The fourth-order valence-electron chi connectivity index (χ4n) is 3.23. The largest absolute Gasteiger partial charge is 0.488 e. The van der Waals surface area contributed by atoms with Crippen LogP contribution in [0.5, 0.6) is 5.75 Å². The van der Waals surface area contributed by atoms with Crippen LogP contribution < -0.4 is 20.3 Å². The molecule has 1 fully saturated rings. The Balaban J connectivity index is 1.61. The summed E-state index contributed by atoms with van der Waals surface area (Å²) in [6, 6.07) is 6.38. The van der Waals surface area contributed by atoms with Gasteiger partial charge < -0.3 is 24.8 Å². The van der Waals surface area contributed by atoms with Crippen molar-refractivity contribution in [2.75, 3.05) is 48.4 Å². The quantitative estimate of drug-likeness (QED) is 0.475. The van der Waals surface area contributed by atoms with Crippen molar-refractivity contribution < 1.29 is 24.2 Å². The first-order valence-corrected chi connectivity index (χ1v) is 11.1. The predicted octanol–water partition coefficient (Wildman–Crippen LogP) is 3.18. The van der Waals surface area contributed by atoms with Gasteiger partial charge in [0.2, 0.25) is 0 Å². The minimum absolute atomic E-state index is 0.146. The maximum atomic E-state index is 12.1. The number of carbonyl (C=O) groups excluding carboxylic acids is 1. The number of carboxylic acid groups (broad SMARTS) is 1. The van der Waals surface area contributed by atoms with Crippen molar-refractivity contribution in [3.63, 3.8) is 0 Å². The second-order valence-corrected chi connectivity index (χ2v) is 7.77. The molecule has 172 valence electrons. The number of carbonyl (C=O) groups is 2. The summed E-state index contributed by atoms with van der Waals surface area (Å²) in [5.74, 6) is -0.384. The van der Waals surface area contributed by atoms with Crippen molar-refractivity contribution in [1.29, 1.82) is 0 Å². The fraction of sp³-hybridized carbons (Fsp3) is 0.286. The molecule has 1 aromatic carbocycles. The highest BCUT2D eigenvalue weighted by atomic mass is 32.1. The second-order valence-electron chi connectivity index (χ2n) is 6.88. The van der Waals surface area contributed by atoms with Gasteiger partial charge in [-0.2, -0.15) is 0 Å². The maximum Gasteiger partial charge on any atom is 0.358 e. The van der Waals surface area contributed by atoms with E-state index in [2.05, 4.69) is 25.6 Å². The van der Waals surface area contributed by atoms with E-state index in [1.807, 2.05) is 4.90 Å². The molecule has 1 aliphatic heterocycles. The first-order valence-electron chi connectivity index (χ1n) is 10.2. The molecule has 2 amide bonds. The average Bonchev–Trinajstić information content (AvgIpc) is 3.33. The molecule has 3 N–H and O–H groups in total. The summed E-state index contributed by atoms with van der Waals surface area (Å²) in [5, 5.41) is 17.4. The molecule has 33 heavy (non-hydrogen) atoms. The number of benzene rings is 1. The third-order valence-electron chi connectivity index (χ3n) is 4.70. The Bertz CT molecular complexity index is 1120. The lowest BCUT2D eigenvalue weighted by Crippen LogP contribution is -2.37. The van der Waals surface area contributed by atoms with E-state index in [1.165, 1.54) is 11.3 Å².